The smallest absolute Gasteiger partial charge is 0.227 e. The van der Waals surface area contributed by atoms with Crippen molar-refractivity contribution in [3.8, 4) is 5.75 Å². The van der Waals surface area contributed by atoms with E-state index in [4.69, 9.17) is 21.3 Å². The molecule has 1 atom stereocenters. The first kappa shape index (κ1) is 20.5. The summed E-state index contributed by atoms with van der Waals surface area (Å²) < 4.78 is 22.3. The first-order valence-electron chi connectivity index (χ1n) is 10.5. The summed E-state index contributed by atoms with van der Waals surface area (Å²) in [5.41, 5.74) is 2.14. The topological polar surface area (TPSA) is 47.4 Å². The van der Waals surface area contributed by atoms with Crippen LogP contribution >= 0.6 is 11.6 Å². The van der Waals surface area contributed by atoms with Crippen LogP contribution in [0, 0.1) is 5.82 Å². The van der Waals surface area contributed by atoms with Gasteiger partial charge in [-0.25, -0.2) is 9.37 Å². The average Bonchev–Trinajstić information content (AvgIpc) is 3.36. The Balaban J connectivity index is 1.42. The van der Waals surface area contributed by atoms with Gasteiger partial charge in [-0.3, -0.25) is 4.79 Å². The predicted octanol–water partition coefficient (Wildman–Crippen LogP) is 5.43. The maximum atomic E-state index is 14.3. The summed E-state index contributed by atoms with van der Waals surface area (Å²) in [7, 11) is 0. The molecule has 4 aromatic rings. The molecule has 5 rings (SSSR count). The number of hydrogen-bond donors (Lipinski definition) is 0. The molecule has 1 aliphatic rings. The lowest BCUT2D eigenvalue weighted by Gasteiger charge is -2.18. The number of aromatic nitrogens is 2. The minimum Gasteiger partial charge on any atom is -0.490 e. The molecule has 1 amide bonds. The average molecular weight is 450 g/mol. The molecule has 1 unspecified atom stereocenters. The van der Waals surface area contributed by atoms with Crippen LogP contribution in [0.1, 0.15) is 18.2 Å². The van der Waals surface area contributed by atoms with Gasteiger partial charge in [0.25, 0.3) is 0 Å². The van der Waals surface area contributed by atoms with Crippen molar-refractivity contribution in [1.29, 1.82) is 0 Å². The van der Waals surface area contributed by atoms with Gasteiger partial charge >= 0.3 is 0 Å². The minimum absolute atomic E-state index is 0.106. The van der Waals surface area contributed by atoms with Gasteiger partial charge in [-0.15, -0.1) is 0 Å². The van der Waals surface area contributed by atoms with E-state index in [9.17, 15) is 9.18 Å². The molecule has 3 aromatic carbocycles. The van der Waals surface area contributed by atoms with E-state index in [0.29, 0.717) is 36.2 Å². The van der Waals surface area contributed by atoms with E-state index in [-0.39, 0.29) is 18.2 Å². The molecule has 1 saturated heterocycles. The summed E-state index contributed by atoms with van der Waals surface area (Å²) in [5.74, 6) is 0.784. The SMILES string of the molecule is O=C1CC(c2nc3ccccc3n2CCOc2ccccc2Cl)CN1c1ccccc1F. The molecule has 0 saturated carbocycles. The molecule has 2 heterocycles. The molecule has 0 spiro atoms. The van der Waals surface area contributed by atoms with Crippen molar-refractivity contribution in [1.82, 2.24) is 9.55 Å². The highest BCUT2D eigenvalue weighted by Crippen LogP contribution is 2.34. The largest absolute Gasteiger partial charge is 0.490 e. The fourth-order valence-electron chi connectivity index (χ4n) is 4.23. The normalized spacial score (nSPS) is 16.1. The van der Waals surface area contributed by atoms with Gasteiger partial charge in [0.15, 0.2) is 0 Å². The van der Waals surface area contributed by atoms with Crippen LogP contribution in [0.5, 0.6) is 5.75 Å². The highest BCUT2D eigenvalue weighted by molar-refractivity contribution is 6.32. The van der Waals surface area contributed by atoms with E-state index < -0.39 is 5.82 Å². The number of nitrogens with zero attached hydrogens (tertiary/aromatic N) is 3. The van der Waals surface area contributed by atoms with E-state index in [1.54, 1.807) is 24.3 Å². The Morgan fingerprint density at radius 3 is 2.62 bits per heavy atom. The second-order valence-electron chi connectivity index (χ2n) is 7.75. The molecule has 1 fully saturated rings. The standard InChI is InChI=1S/C25H21ClFN3O2/c26-18-7-1-6-12-23(18)32-14-13-29-22-11-5-3-9-20(22)28-25(29)17-15-24(31)30(16-17)21-10-4-2-8-19(21)27/h1-12,17H,13-16H2. The number of carbonyl (C=O) groups is 1. The lowest BCUT2D eigenvalue weighted by Crippen LogP contribution is -2.25. The third-order valence-corrected chi connectivity index (χ3v) is 6.04. The van der Waals surface area contributed by atoms with E-state index in [1.165, 1.54) is 11.0 Å². The fourth-order valence-corrected chi connectivity index (χ4v) is 4.42. The summed E-state index contributed by atoms with van der Waals surface area (Å²) in [4.78, 5) is 19.1. The molecule has 0 radical (unpaired) electrons. The molecule has 0 N–H and O–H groups in total. The lowest BCUT2D eigenvalue weighted by atomic mass is 10.1. The van der Waals surface area contributed by atoms with Crippen LogP contribution in [0.4, 0.5) is 10.1 Å². The van der Waals surface area contributed by atoms with Gasteiger partial charge in [0, 0.05) is 18.9 Å². The molecule has 162 valence electrons. The molecule has 0 bridgehead atoms. The predicted molar refractivity (Wildman–Crippen MR) is 123 cm³/mol. The van der Waals surface area contributed by atoms with Crippen molar-refractivity contribution < 1.29 is 13.9 Å². The van der Waals surface area contributed by atoms with Crippen LogP contribution < -0.4 is 9.64 Å². The van der Waals surface area contributed by atoms with Gasteiger partial charge in [0.05, 0.1) is 28.3 Å². The van der Waals surface area contributed by atoms with E-state index in [2.05, 4.69) is 4.57 Å². The molecule has 1 aromatic heterocycles. The molecule has 0 aliphatic carbocycles. The quantitative estimate of drug-likeness (QED) is 0.394. The maximum Gasteiger partial charge on any atom is 0.227 e. The van der Waals surface area contributed by atoms with Gasteiger partial charge in [-0.2, -0.15) is 0 Å². The number of benzene rings is 3. The zero-order valence-electron chi connectivity index (χ0n) is 17.2. The third-order valence-electron chi connectivity index (χ3n) is 5.73. The number of amides is 1. The van der Waals surface area contributed by atoms with Crippen molar-refractivity contribution >= 4 is 34.2 Å². The lowest BCUT2D eigenvalue weighted by molar-refractivity contribution is -0.117. The van der Waals surface area contributed by atoms with Gasteiger partial charge in [-0.1, -0.05) is 48.0 Å². The zero-order chi connectivity index (χ0) is 22.1. The van der Waals surface area contributed by atoms with Crippen LogP contribution in [0.2, 0.25) is 5.02 Å². The molecular weight excluding hydrogens is 429 g/mol. The van der Waals surface area contributed by atoms with Crippen molar-refractivity contribution in [2.24, 2.45) is 0 Å². The number of ether oxygens (including phenoxy) is 1. The van der Waals surface area contributed by atoms with E-state index in [0.717, 1.165) is 16.9 Å². The first-order chi connectivity index (χ1) is 15.6. The second kappa shape index (κ2) is 8.63. The number of carbonyl (C=O) groups excluding carboxylic acids is 1. The fraction of sp³-hybridized carbons (Fsp3) is 0.200. The molecule has 32 heavy (non-hydrogen) atoms. The Labute approximate surface area is 190 Å². The van der Waals surface area contributed by atoms with Crippen LogP contribution in [-0.4, -0.2) is 28.6 Å². The Morgan fingerprint density at radius 1 is 1.03 bits per heavy atom. The first-order valence-corrected chi connectivity index (χ1v) is 10.9. The Bertz CT molecular complexity index is 1290. The number of fused-ring (bicyclic) bond motifs is 1. The number of para-hydroxylation sites is 4. The summed E-state index contributed by atoms with van der Waals surface area (Å²) >= 11 is 6.20. The summed E-state index contributed by atoms with van der Waals surface area (Å²) in [6.45, 7) is 1.33. The van der Waals surface area contributed by atoms with Gasteiger partial charge < -0.3 is 14.2 Å². The van der Waals surface area contributed by atoms with Crippen LogP contribution in [0.15, 0.2) is 72.8 Å². The summed E-state index contributed by atoms with van der Waals surface area (Å²) in [5, 5.41) is 0.560. The monoisotopic (exact) mass is 449 g/mol. The highest BCUT2D eigenvalue weighted by Gasteiger charge is 2.35. The zero-order valence-corrected chi connectivity index (χ0v) is 18.0. The van der Waals surface area contributed by atoms with Crippen LogP contribution in [0.25, 0.3) is 11.0 Å². The van der Waals surface area contributed by atoms with E-state index >= 15 is 0 Å². The highest BCUT2D eigenvalue weighted by atomic mass is 35.5. The van der Waals surface area contributed by atoms with Crippen molar-refractivity contribution in [3.05, 3.63) is 89.5 Å². The van der Waals surface area contributed by atoms with Crippen molar-refractivity contribution in [2.75, 3.05) is 18.1 Å². The molecule has 5 nitrogen and oxygen atoms in total. The molecular formula is C25H21ClFN3O2. The molecule has 1 aliphatic heterocycles. The van der Waals surface area contributed by atoms with Gasteiger partial charge in [0.1, 0.15) is 24.0 Å². The van der Waals surface area contributed by atoms with Crippen LogP contribution in [-0.2, 0) is 11.3 Å². The Morgan fingerprint density at radius 2 is 1.78 bits per heavy atom. The number of hydrogen-bond acceptors (Lipinski definition) is 3. The van der Waals surface area contributed by atoms with E-state index in [1.807, 2.05) is 42.5 Å². The Hall–Kier alpha value is -3.38. The third kappa shape index (κ3) is 3.82. The Kier molecular flexibility index (Phi) is 5.53. The summed E-state index contributed by atoms with van der Waals surface area (Å²) in [6, 6.07) is 21.6. The number of anilines is 1. The maximum absolute atomic E-state index is 14.3. The minimum atomic E-state index is -0.400. The number of imidazole rings is 1. The summed E-state index contributed by atoms with van der Waals surface area (Å²) in [6.07, 6.45) is 0.281. The van der Waals surface area contributed by atoms with Crippen molar-refractivity contribution in [3.63, 3.8) is 0 Å². The second-order valence-corrected chi connectivity index (χ2v) is 8.15. The number of rotatable bonds is 6. The van der Waals surface area contributed by atoms with Gasteiger partial charge in [0.2, 0.25) is 5.91 Å². The number of halogens is 2. The van der Waals surface area contributed by atoms with Crippen molar-refractivity contribution in [2.45, 2.75) is 18.9 Å². The van der Waals surface area contributed by atoms with Crippen LogP contribution in [0.3, 0.4) is 0 Å². The molecule has 7 heteroatoms. The van der Waals surface area contributed by atoms with Gasteiger partial charge in [-0.05, 0) is 36.4 Å².